The summed E-state index contributed by atoms with van der Waals surface area (Å²) < 4.78 is 6.06. The zero-order chi connectivity index (χ0) is 16.9. The molecule has 0 N–H and O–H groups in total. The quantitative estimate of drug-likeness (QED) is 0.733. The summed E-state index contributed by atoms with van der Waals surface area (Å²) in [6, 6.07) is 16.4. The fourth-order valence-electron chi connectivity index (χ4n) is 3.19. The summed E-state index contributed by atoms with van der Waals surface area (Å²) in [5.41, 5.74) is 3.18. The van der Waals surface area contributed by atoms with Gasteiger partial charge in [0.05, 0.1) is 12.2 Å². The average molecular weight is 323 g/mol. The second kappa shape index (κ2) is 7.52. The smallest absolute Gasteiger partial charge is 0.159 e. The SMILES string of the molecule is CCC1CN(CCCc2ccccc2)c2cc(C(C)=O)ccc2O1. The van der Waals surface area contributed by atoms with Crippen molar-refractivity contribution in [3.05, 3.63) is 59.7 Å². The van der Waals surface area contributed by atoms with Crippen LogP contribution in [0.15, 0.2) is 48.5 Å². The van der Waals surface area contributed by atoms with Gasteiger partial charge in [0.25, 0.3) is 0 Å². The molecule has 0 spiro atoms. The van der Waals surface area contributed by atoms with Crippen LogP contribution in [0.2, 0.25) is 0 Å². The largest absolute Gasteiger partial charge is 0.486 e. The van der Waals surface area contributed by atoms with Crippen LogP contribution in [-0.2, 0) is 6.42 Å². The van der Waals surface area contributed by atoms with Crippen molar-refractivity contribution in [2.75, 3.05) is 18.0 Å². The molecule has 0 aliphatic carbocycles. The third-order valence-corrected chi connectivity index (χ3v) is 4.62. The Bertz CT molecular complexity index is 696. The number of aryl methyl sites for hydroxylation is 1. The number of hydrogen-bond acceptors (Lipinski definition) is 3. The van der Waals surface area contributed by atoms with Gasteiger partial charge in [0.1, 0.15) is 11.9 Å². The molecule has 0 amide bonds. The van der Waals surface area contributed by atoms with E-state index in [0.717, 1.165) is 49.4 Å². The Morgan fingerprint density at radius 1 is 1.21 bits per heavy atom. The van der Waals surface area contributed by atoms with E-state index >= 15 is 0 Å². The highest BCUT2D eigenvalue weighted by atomic mass is 16.5. The predicted molar refractivity (Wildman–Crippen MR) is 98.1 cm³/mol. The van der Waals surface area contributed by atoms with Gasteiger partial charge < -0.3 is 9.64 Å². The van der Waals surface area contributed by atoms with E-state index in [-0.39, 0.29) is 11.9 Å². The second-order valence-corrected chi connectivity index (χ2v) is 6.42. The highest BCUT2D eigenvalue weighted by Crippen LogP contribution is 2.35. The molecule has 1 aliphatic heterocycles. The summed E-state index contributed by atoms with van der Waals surface area (Å²) >= 11 is 0. The fraction of sp³-hybridized carbons (Fsp3) is 0.381. The lowest BCUT2D eigenvalue weighted by molar-refractivity contribution is 0.101. The number of ketones is 1. The molecule has 2 aromatic rings. The number of fused-ring (bicyclic) bond motifs is 1. The van der Waals surface area contributed by atoms with E-state index in [2.05, 4.69) is 42.2 Å². The predicted octanol–water partition coefficient (Wildman–Crippen LogP) is 4.50. The van der Waals surface area contributed by atoms with Crippen LogP contribution in [-0.4, -0.2) is 25.0 Å². The molecule has 1 atom stereocenters. The van der Waals surface area contributed by atoms with Gasteiger partial charge in [0.15, 0.2) is 5.78 Å². The zero-order valence-corrected chi connectivity index (χ0v) is 14.5. The Morgan fingerprint density at radius 2 is 2.00 bits per heavy atom. The van der Waals surface area contributed by atoms with Gasteiger partial charge in [-0.1, -0.05) is 37.3 Å². The third-order valence-electron chi connectivity index (χ3n) is 4.62. The second-order valence-electron chi connectivity index (χ2n) is 6.42. The van der Waals surface area contributed by atoms with Crippen molar-refractivity contribution in [1.29, 1.82) is 0 Å². The maximum atomic E-state index is 11.7. The van der Waals surface area contributed by atoms with Crippen molar-refractivity contribution in [3.63, 3.8) is 0 Å². The summed E-state index contributed by atoms with van der Waals surface area (Å²) in [5.74, 6) is 0.998. The minimum absolute atomic E-state index is 0.0969. The molecular weight excluding hydrogens is 298 g/mol. The summed E-state index contributed by atoms with van der Waals surface area (Å²) in [4.78, 5) is 14.1. The molecule has 1 heterocycles. The Morgan fingerprint density at radius 3 is 2.71 bits per heavy atom. The molecule has 24 heavy (non-hydrogen) atoms. The van der Waals surface area contributed by atoms with E-state index in [4.69, 9.17) is 4.74 Å². The summed E-state index contributed by atoms with van der Waals surface area (Å²) in [6.07, 6.45) is 3.36. The number of benzene rings is 2. The van der Waals surface area contributed by atoms with Crippen molar-refractivity contribution in [2.45, 2.75) is 39.2 Å². The molecule has 1 aliphatic rings. The highest BCUT2D eigenvalue weighted by Gasteiger charge is 2.25. The van der Waals surface area contributed by atoms with Gasteiger partial charge in [-0.15, -0.1) is 0 Å². The monoisotopic (exact) mass is 323 g/mol. The standard InChI is InChI=1S/C21H25NO2/c1-3-19-15-22(13-7-10-17-8-5-4-6-9-17)20-14-18(16(2)23)11-12-21(20)24-19/h4-6,8-9,11-12,14,19H,3,7,10,13,15H2,1-2H3. The van der Waals surface area contributed by atoms with Gasteiger partial charge in [-0.2, -0.15) is 0 Å². The van der Waals surface area contributed by atoms with Crippen LogP contribution >= 0.6 is 0 Å². The van der Waals surface area contributed by atoms with E-state index in [9.17, 15) is 4.79 Å². The molecular formula is C21H25NO2. The maximum absolute atomic E-state index is 11.7. The molecule has 1 unspecified atom stereocenters. The minimum Gasteiger partial charge on any atom is -0.486 e. The Labute approximate surface area is 144 Å². The topological polar surface area (TPSA) is 29.5 Å². The molecule has 0 aromatic heterocycles. The summed E-state index contributed by atoms with van der Waals surface area (Å²) in [6.45, 7) is 5.63. The van der Waals surface area contributed by atoms with Crippen LogP contribution < -0.4 is 9.64 Å². The molecule has 3 heteroatoms. The van der Waals surface area contributed by atoms with Gasteiger partial charge >= 0.3 is 0 Å². The van der Waals surface area contributed by atoms with E-state index in [0.29, 0.717) is 0 Å². The van der Waals surface area contributed by atoms with E-state index in [1.165, 1.54) is 5.56 Å². The Hall–Kier alpha value is -2.29. The van der Waals surface area contributed by atoms with Crippen LogP contribution in [0.5, 0.6) is 5.75 Å². The minimum atomic E-state index is 0.0969. The van der Waals surface area contributed by atoms with Crippen molar-refractivity contribution in [3.8, 4) is 5.75 Å². The maximum Gasteiger partial charge on any atom is 0.159 e. The molecule has 3 rings (SSSR count). The van der Waals surface area contributed by atoms with Gasteiger partial charge in [0.2, 0.25) is 0 Å². The zero-order valence-electron chi connectivity index (χ0n) is 14.5. The molecule has 3 nitrogen and oxygen atoms in total. The van der Waals surface area contributed by atoms with Crippen molar-refractivity contribution >= 4 is 11.5 Å². The van der Waals surface area contributed by atoms with Crippen LogP contribution in [0.25, 0.3) is 0 Å². The number of rotatable bonds is 6. The van der Waals surface area contributed by atoms with Gasteiger partial charge in [0, 0.05) is 12.1 Å². The van der Waals surface area contributed by atoms with Crippen molar-refractivity contribution < 1.29 is 9.53 Å². The van der Waals surface area contributed by atoms with E-state index in [1.54, 1.807) is 6.92 Å². The number of nitrogens with zero attached hydrogens (tertiary/aromatic N) is 1. The molecule has 126 valence electrons. The normalized spacial score (nSPS) is 16.4. The fourth-order valence-corrected chi connectivity index (χ4v) is 3.19. The Balaban J connectivity index is 1.74. The van der Waals surface area contributed by atoms with Gasteiger partial charge in [-0.05, 0) is 49.9 Å². The van der Waals surface area contributed by atoms with Crippen LogP contribution in [0, 0.1) is 0 Å². The van der Waals surface area contributed by atoms with Crippen LogP contribution in [0.1, 0.15) is 42.6 Å². The molecule has 0 radical (unpaired) electrons. The third kappa shape index (κ3) is 3.78. The Kier molecular flexibility index (Phi) is 5.19. The van der Waals surface area contributed by atoms with E-state index < -0.39 is 0 Å². The molecule has 2 aromatic carbocycles. The summed E-state index contributed by atoms with van der Waals surface area (Å²) in [5, 5.41) is 0. The first-order valence-corrected chi connectivity index (χ1v) is 8.78. The average Bonchev–Trinajstić information content (AvgIpc) is 2.61. The first-order valence-electron chi connectivity index (χ1n) is 8.78. The highest BCUT2D eigenvalue weighted by molar-refractivity contribution is 5.95. The van der Waals surface area contributed by atoms with Crippen molar-refractivity contribution in [2.24, 2.45) is 0 Å². The van der Waals surface area contributed by atoms with Crippen LogP contribution in [0.3, 0.4) is 0 Å². The first-order chi connectivity index (χ1) is 11.7. The number of anilines is 1. The van der Waals surface area contributed by atoms with Gasteiger partial charge in [-0.3, -0.25) is 4.79 Å². The number of carbonyl (C=O) groups is 1. The lowest BCUT2D eigenvalue weighted by Gasteiger charge is -2.36. The first kappa shape index (κ1) is 16.6. The molecule has 0 saturated heterocycles. The molecule has 0 saturated carbocycles. The van der Waals surface area contributed by atoms with E-state index in [1.807, 2.05) is 18.2 Å². The number of Topliss-reactive ketones (excluding diaryl/α,β-unsaturated/α-hetero) is 1. The number of ether oxygens (including phenoxy) is 1. The number of carbonyl (C=O) groups excluding carboxylic acids is 1. The number of hydrogen-bond donors (Lipinski definition) is 0. The lowest BCUT2D eigenvalue weighted by Crippen LogP contribution is -2.40. The molecule has 0 fully saturated rings. The molecule has 0 bridgehead atoms. The van der Waals surface area contributed by atoms with Gasteiger partial charge in [-0.25, -0.2) is 0 Å². The lowest BCUT2D eigenvalue weighted by atomic mass is 10.1. The summed E-state index contributed by atoms with van der Waals surface area (Å²) in [7, 11) is 0. The van der Waals surface area contributed by atoms with Crippen molar-refractivity contribution in [1.82, 2.24) is 0 Å². The van der Waals surface area contributed by atoms with Crippen LogP contribution in [0.4, 0.5) is 5.69 Å².